The van der Waals surface area contributed by atoms with Crippen LogP contribution in [0.2, 0.25) is 0 Å². The quantitative estimate of drug-likeness (QED) is 0.305. The number of nitrogens with two attached hydrogens (primary N) is 2. The van der Waals surface area contributed by atoms with Crippen LogP contribution in [-0.2, 0) is 6.13 Å². The SMILES string of the molecule is NCC(N)(O[I+3]([O-])([O-])[O-])O[I+3]([O-])([O-])[O-]. The molecule has 0 aromatic heterocycles. The molecule has 86 valence electrons. The van der Waals surface area contributed by atoms with Crippen molar-refractivity contribution in [2.45, 2.75) is 5.91 Å². The van der Waals surface area contributed by atoms with Gasteiger partial charge < -0.3 is 5.73 Å². The first-order valence-electron chi connectivity index (χ1n) is 2.69. The maximum Gasteiger partial charge on any atom is 0.481 e. The molecule has 0 spiro atoms. The van der Waals surface area contributed by atoms with E-state index in [0.717, 1.165) is 0 Å². The third-order valence-corrected chi connectivity index (χ3v) is 3.30. The molecule has 12 heteroatoms. The molecule has 0 aliphatic rings. The van der Waals surface area contributed by atoms with E-state index in [-0.39, 0.29) is 0 Å². The summed E-state index contributed by atoms with van der Waals surface area (Å²) in [5.74, 6) is -2.93. The fourth-order valence-corrected chi connectivity index (χ4v) is 3.10. The van der Waals surface area contributed by atoms with Crippen LogP contribution in [0.5, 0.6) is 0 Å². The van der Waals surface area contributed by atoms with Crippen molar-refractivity contribution in [3.05, 3.63) is 0 Å². The first-order valence-corrected chi connectivity index (χ1v) is 9.74. The Hall–Kier alpha value is 1.06. The summed E-state index contributed by atoms with van der Waals surface area (Å²) in [6.45, 7) is -0.983. The molecule has 0 radical (unpaired) electrons. The summed E-state index contributed by atoms with van der Waals surface area (Å²) in [6.07, 6.45) is 0. The summed E-state index contributed by atoms with van der Waals surface area (Å²) in [5, 5.41) is 0. The third kappa shape index (κ3) is 7.36. The van der Waals surface area contributed by atoms with Crippen LogP contribution in [0, 0.1) is 0 Å². The maximum atomic E-state index is 10.1. The Bertz CT molecular complexity index is 171. The Kier molecular flexibility index (Phi) is 5.30. The van der Waals surface area contributed by atoms with Crippen LogP contribution in [0.1, 0.15) is 0 Å². The topological polar surface area (TPSA) is 209 Å². The van der Waals surface area contributed by atoms with Gasteiger partial charge in [-0.25, -0.2) is 0 Å². The van der Waals surface area contributed by atoms with E-state index in [0.29, 0.717) is 0 Å². The molecule has 0 atom stereocenters. The standard InChI is InChI=1S/C2H6I2N2O8/c5-1-2(6,13-3(7,8)9)14-4(10,11)12/h1,5-6H2. The molecule has 0 aliphatic heterocycles. The zero-order valence-corrected chi connectivity index (χ0v) is 10.7. The lowest BCUT2D eigenvalue weighted by Gasteiger charge is -2.18. The van der Waals surface area contributed by atoms with Gasteiger partial charge in [0.1, 0.15) is 0 Å². The molecular formula is C2H6I2N2O8. The van der Waals surface area contributed by atoms with Gasteiger partial charge in [0.25, 0.3) is 0 Å². The van der Waals surface area contributed by atoms with Crippen molar-refractivity contribution in [1.82, 2.24) is 0 Å². The van der Waals surface area contributed by atoms with Crippen LogP contribution in [-0.4, -0.2) is 12.5 Å². The van der Waals surface area contributed by atoms with Gasteiger partial charge in [-0.2, -0.15) is 0 Å². The van der Waals surface area contributed by atoms with Crippen molar-refractivity contribution >= 4 is 0 Å². The highest BCUT2D eigenvalue weighted by molar-refractivity contribution is 4.54. The van der Waals surface area contributed by atoms with Gasteiger partial charge in [-0.1, -0.05) is 0 Å². The highest BCUT2D eigenvalue weighted by Crippen LogP contribution is 1.89. The van der Waals surface area contributed by atoms with Gasteiger partial charge in [-0.15, -0.1) is 0 Å². The Labute approximate surface area is 90.5 Å². The molecule has 0 saturated heterocycles. The van der Waals surface area contributed by atoms with E-state index in [4.69, 9.17) is 11.5 Å². The Morgan fingerprint density at radius 2 is 1.21 bits per heavy atom. The van der Waals surface area contributed by atoms with E-state index < -0.39 is 52.6 Å². The largest absolute Gasteiger partial charge is 0.481 e. The van der Waals surface area contributed by atoms with E-state index in [1.807, 2.05) is 0 Å². The summed E-state index contributed by atoms with van der Waals surface area (Å²) in [5.41, 5.74) is 9.56. The molecule has 0 fully saturated rings. The van der Waals surface area contributed by atoms with E-state index in [2.05, 4.69) is 6.13 Å². The lowest BCUT2D eigenvalue weighted by molar-refractivity contribution is -1.94. The average Bonchev–Trinajstić information content (AvgIpc) is 1.78. The maximum absolute atomic E-state index is 10.1. The number of rotatable bonds is 5. The summed E-state index contributed by atoms with van der Waals surface area (Å²) in [6, 6.07) is 0. The fourth-order valence-electron chi connectivity index (χ4n) is 0.395. The zero-order valence-electron chi connectivity index (χ0n) is 6.38. The lowest BCUT2D eigenvalue weighted by atomic mass is 10.5. The molecule has 0 unspecified atom stereocenters. The van der Waals surface area contributed by atoms with Crippen LogP contribution >= 0.6 is 0 Å². The van der Waals surface area contributed by atoms with Crippen LogP contribution in [0.25, 0.3) is 0 Å². The van der Waals surface area contributed by atoms with Crippen LogP contribution in [0.15, 0.2) is 0 Å². The minimum Gasteiger partial charge on any atom is -0.324 e. The van der Waals surface area contributed by atoms with Crippen molar-refractivity contribution < 1.29 is 66.9 Å². The molecule has 0 amide bonds. The Morgan fingerprint density at radius 3 is 1.36 bits per heavy atom. The van der Waals surface area contributed by atoms with Crippen molar-refractivity contribution in [2.24, 2.45) is 11.5 Å². The minimum atomic E-state index is -6.29. The van der Waals surface area contributed by atoms with Gasteiger partial charge in [0.05, 0.1) is 12.7 Å². The molecule has 10 nitrogen and oxygen atoms in total. The molecule has 0 bridgehead atoms. The van der Waals surface area contributed by atoms with Gasteiger partial charge in [0, 0.05) is 0 Å². The minimum absolute atomic E-state index is 0.983. The average molecular weight is 440 g/mol. The molecule has 0 rings (SSSR count). The molecule has 0 aliphatic carbocycles. The number of hydrogen-bond donors (Lipinski definition) is 2. The van der Waals surface area contributed by atoms with Crippen LogP contribution in [0.3, 0.4) is 0 Å². The highest BCUT2D eigenvalue weighted by Gasteiger charge is 2.57. The van der Waals surface area contributed by atoms with Gasteiger partial charge in [-0.3, -0.25) is 26.3 Å². The van der Waals surface area contributed by atoms with Gasteiger partial charge in [-0.05, 0) is 0 Å². The highest BCUT2D eigenvalue weighted by atomic mass is 127. The summed E-state index contributed by atoms with van der Waals surface area (Å²) in [7, 11) is 0. The molecule has 0 aromatic rings. The van der Waals surface area contributed by atoms with E-state index in [1.165, 1.54) is 0 Å². The second-order valence-corrected chi connectivity index (χ2v) is 7.12. The molecule has 0 saturated carbocycles. The van der Waals surface area contributed by atoms with E-state index in [1.54, 1.807) is 0 Å². The molecule has 0 aromatic carbocycles. The van der Waals surface area contributed by atoms with E-state index in [9.17, 15) is 20.6 Å². The summed E-state index contributed by atoms with van der Waals surface area (Å²) in [4.78, 5) is 0. The van der Waals surface area contributed by atoms with Crippen LogP contribution in [0.4, 0.5) is 0 Å². The predicted molar refractivity (Wildman–Crippen MR) is 18.1 cm³/mol. The molecule has 14 heavy (non-hydrogen) atoms. The molecule has 0 heterocycles. The van der Waals surface area contributed by atoms with Crippen LogP contribution < -0.4 is 72.3 Å². The molecular weight excluding hydrogens is 434 g/mol. The number of halogens is 2. The zero-order chi connectivity index (χ0) is 11.6. The second kappa shape index (κ2) is 4.93. The van der Waals surface area contributed by atoms with Gasteiger partial charge in [0.15, 0.2) is 0 Å². The van der Waals surface area contributed by atoms with Crippen molar-refractivity contribution in [3.8, 4) is 0 Å². The Balaban J connectivity index is 4.49. The van der Waals surface area contributed by atoms with E-state index >= 15 is 0 Å². The van der Waals surface area contributed by atoms with Crippen molar-refractivity contribution in [3.63, 3.8) is 0 Å². The monoisotopic (exact) mass is 440 g/mol. The van der Waals surface area contributed by atoms with Crippen molar-refractivity contribution in [2.75, 3.05) is 6.54 Å². The summed E-state index contributed by atoms with van der Waals surface area (Å²) >= 11 is -12.6. The van der Waals surface area contributed by atoms with Gasteiger partial charge in [0.2, 0.25) is 0 Å². The van der Waals surface area contributed by atoms with Crippen molar-refractivity contribution in [1.29, 1.82) is 0 Å². The second-order valence-electron chi connectivity index (χ2n) is 1.93. The summed E-state index contributed by atoms with van der Waals surface area (Å²) < 4.78 is 67.7. The first-order chi connectivity index (χ1) is 5.97. The number of hydrogen-bond acceptors (Lipinski definition) is 10. The lowest BCUT2D eigenvalue weighted by Crippen LogP contribution is -4.25. The fraction of sp³-hybridized carbons (Fsp3) is 1.00. The normalized spacial score (nSPS) is 14.6. The smallest absolute Gasteiger partial charge is 0.324 e. The predicted octanol–water partition coefficient (Wildman–Crippen LogP) is -14.6. The Morgan fingerprint density at radius 1 is 0.929 bits per heavy atom. The van der Waals surface area contributed by atoms with Gasteiger partial charge >= 0.3 is 46.1 Å². The first kappa shape index (κ1) is 15.1. The molecule has 4 N–H and O–H groups in total. The third-order valence-electron chi connectivity index (χ3n) is 0.735.